The first-order chi connectivity index (χ1) is 15.4. The second kappa shape index (κ2) is 5.21. The smallest absolute Gasteiger partial charge is 0.146 e. The molecule has 144 valence electrons. The van der Waals surface area contributed by atoms with Crippen molar-refractivity contribution >= 4 is 71.3 Å². The van der Waals surface area contributed by atoms with Crippen LogP contribution in [-0.2, 0) is 0 Å². The van der Waals surface area contributed by atoms with Gasteiger partial charge in [0.2, 0.25) is 0 Å². The summed E-state index contributed by atoms with van der Waals surface area (Å²) in [5, 5.41) is 6.36. The predicted octanol–water partition coefficient (Wildman–Crippen LogP) is 6.83. The molecule has 3 aromatic carbocycles. The lowest BCUT2D eigenvalue weighted by Crippen LogP contribution is -1.92. The van der Waals surface area contributed by atoms with Crippen LogP contribution in [-0.4, -0.2) is 14.4 Å². The number of aromatic nitrogens is 3. The van der Waals surface area contributed by atoms with Crippen molar-refractivity contribution < 1.29 is 8.83 Å². The fourth-order valence-corrected chi connectivity index (χ4v) is 4.96. The van der Waals surface area contributed by atoms with E-state index < -0.39 is 0 Å². The number of furan rings is 2. The van der Waals surface area contributed by atoms with Gasteiger partial charge in [0.1, 0.15) is 28.0 Å². The van der Waals surface area contributed by atoms with Crippen LogP contribution in [0.3, 0.4) is 0 Å². The maximum atomic E-state index is 6.47. The molecular weight excluding hydrogens is 386 g/mol. The summed E-state index contributed by atoms with van der Waals surface area (Å²) in [7, 11) is 0. The van der Waals surface area contributed by atoms with Gasteiger partial charge < -0.3 is 8.83 Å². The van der Waals surface area contributed by atoms with Crippen LogP contribution < -0.4 is 0 Å². The van der Waals surface area contributed by atoms with Crippen molar-refractivity contribution in [2.24, 2.45) is 0 Å². The molecule has 0 radical (unpaired) electrons. The Bertz CT molecular complexity index is 2010. The summed E-state index contributed by atoms with van der Waals surface area (Å²) < 4.78 is 14.6. The maximum Gasteiger partial charge on any atom is 0.146 e. The van der Waals surface area contributed by atoms with Gasteiger partial charge in [-0.05, 0) is 36.4 Å². The van der Waals surface area contributed by atoms with Gasteiger partial charge in [-0.2, -0.15) is 0 Å². The van der Waals surface area contributed by atoms with Gasteiger partial charge in [-0.1, -0.05) is 18.2 Å². The highest BCUT2D eigenvalue weighted by molar-refractivity contribution is 6.24. The molecule has 5 heterocycles. The third-order valence-electron chi connectivity index (χ3n) is 6.30. The van der Waals surface area contributed by atoms with E-state index in [9.17, 15) is 0 Å². The fraction of sp³-hybridized carbons (Fsp3) is 0. The third kappa shape index (κ3) is 1.82. The van der Waals surface area contributed by atoms with Gasteiger partial charge in [0, 0.05) is 51.6 Å². The molecule has 0 aliphatic rings. The molecule has 0 unspecified atom stereocenters. The summed E-state index contributed by atoms with van der Waals surface area (Å²) in [6.45, 7) is 0. The van der Waals surface area contributed by atoms with Crippen molar-refractivity contribution in [2.75, 3.05) is 0 Å². The molecule has 5 nitrogen and oxygen atoms in total. The van der Waals surface area contributed by atoms with E-state index >= 15 is 0 Å². The van der Waals surface area contributed by atoms with Gasteiger partial charge in [0.15, 0.2) is 0 Å². The van der Waals surface area contributed by atoms with Crippen LogP contribution in [0.2, 0.25) is 0 Å². The Kier molecular flexibility index (Phi) is 2.60. The van der Waals surface area contributed by atoms with E-state index in [1.807, 2.05) is 48.9 Å². The molecule has 8 rings (SSSR count). The molecule has 0 aliphatic heterocycles. The first-order valence-electron chi connectivity index (χ1n) is 10.2. The molecule has 0 atom stereocenters. The standard InChI is InChI=1S/C26H13N3O2/c1-2-6-20-14(4-1)17-12-18-15-7-8-19-23(25(15)31-22(18)13-21(17)30-20)24-16(5-3-9-27-24)26-28-10-11-29(19)26/h1-13H. The van der Waals surface area contributed by atoms with Gasteiger partial charge in [0.05, 0.1) is 16.4 Å². The number of hydrogen-bond acceptors (Lipinski definition) is 4. The van der Waals surface area contributed by atoms with Gasteiger partial charge in [-0.15, -0.1) is 0 Å². The zero-order valence-corrected chi connectivity index (χ0v) is 16.2. The molecule has 5 heteroatoms. The second-order valence-corrected chi connectivity index (χ2v) is 7.90. The number of nitrogens with zero attached hydrogens (tertiary/aromatic N) is 3. The molecule has 0 spiro atoms. The summed E-state index contributed by atoms with van der Waals surface area (Å²) in [5.74, 6) is 0. The molecule has 0 saturated heterocycles. The molecule has 0 amide bonds. The lowest BCUT2D eigenvalue weighted by molar-refractivity contribution is 0.658. The Morgan fingerprint density at radius 1 is 0.645 bits per heavy atom. The number of imidazole rings is 1. The highest BCUT2D eigenvalue weighted by atomic mass is 16.3. The second-order valence-electron chi connectivity index (χ2n) is 7.90. The maximum absolute atomic E-state index is 6.47. The summed E-state index contributed by atoms with van der Waals surface area (Å²) in [5.41, 5.74) is 6.19. The average Bonchev–Trinajstić information content (AvgIpc) is 3.52. The normalized spacial score (nSPS) is 12.5. The Morgan fingerprint density at radius 3 is 2.52 bits per heavy atom. The molecule has 31 heavy (non-hydrogen) atoms. The number of para-hydroxylation sites is 1. The SMILES string of the molecule is c1ccc2c(c1)oc1cc3oc4c(ccc5c4c4ncccc4c4nccn54)c3cc12. The first-order valence-corrected chi connectivity index (χ1v) is 10.2. The summed E-state index contributed by atoms with van der Waals surface area (Å²) in [6.07, 6.45) is 5.63. The predicted molar refractivity (Wildman–Crippen MR) is 123 cm³/mol. The van der Waals surface area contributed by atoms with Crippen molar-refractivity contribution in [2.45, 2.75) is 0 Å². The van der Waals surface area contributed by atoms with E-state index in [4.69, 9.17) is 13.8 Å². The zero-order valence-electron chi connectivity index (χ0n) is 16.2. The highest BCUT2D eigenvalue weighted by Gasteiger charge is 2.18. The van der Waals surface area contributed by atoms with Crippen molar-refractivity contribution in [3.8, 4) is 0 Å². The average molecular weight is 399 g/mol. The molecule has 0 N–H and O–H groups in total. The molecule has 0 fully saturated rings. The quantitative estimate of drug-likeness (QED) is 0.262. The third-order valence-corrected chi connectivity index (χ3v) is 6.30. The lowest BCUT2D eigenvalue weighted by Gasteiger charge is -2.07. The van der Waals surface area contributed by atoms with Crippen molar-refractivity contribution in [1.29, 1.82) is 0 Å². The minimum absolute atomic E-state index is 0.809. The number of hydrogen-bond donors (Lipinski definition) is 0. The Hall–Kier alpha value is -4.38. The van der Waals surface area contributed by atoms with Crippen molar-refractivity contribution in [3.05, 3.63) is 79.3 Å². The van der Waals surface area contributed by atoms with Crippen molar-refractivity contribution in [3.63, 3.8) is 0 Å². The zero-order chi connectivity index (χ0) is 20.1. The summed E-state index contributed by atoms with van der Waals surface area (Å²) >= 11 is 0. The summed E-state index contributed by atoms with van der Waals surface area (Å²) in [6, 6.07) is 20.6. The molecule has 5 aromatic heterocycles. The topological polar surface area (TPSA) is 56.5 Å². The van der Waals surface area contributed by atoms with E-state index in [1.54, 1.807) is 0 Å². The van der Waals surface area contributed by atoms with Crippen LogP contribution in [0.15, 0.2) is 88.1 Å². The minimum atomic E-state index is 0.809. The van der Waals surface area contributed by atoms with Crippen LogP contribution in [0.5, 0.6) is 0 Å². The van der Waals surface area contributed by atoms with Gasteiger partial charge in [0.25, 0.3) is 0 Å². The van der Waals surface area contributed by atoms with Crippen LogP contribution in [0.25, 0.3) is 71.3 Å². The molecule has 0 bridgehead atoms. The Balaban J connectivity index is 1.62. The first kappa shape index (κ1) is 15.5. The lowest BCUT2D eigenvalue weighted by atomic mass is 10.0. The van der Waals surface area contributed by atoms with Crippen LogP contribution in [0.4, 0.5) is 0 Å². The van der Waals surface area contributed by atoms with Gasteiger partial charge in [-0.3, -0.25) is 9.38 Å². The van der Waals surface area contributed by atoms with E-state index in [2.05, 4.69) is 39.7 Å². The monoisotopic (exact) mass is 399 g/mol. The fourth-order valence-electron chi connectivity index (χ4n) is 4.96. The number of benzene rings is 3. The van der Waals surface area contributed by atoms with Gasteiger partial charge in [-0.25, -0.2) is 4.98 Å². The minimum Gasteiger partial charge on any atom is -0.456 e. The summed E-state index contributed by atoms with van der Waals surface area (Å²) in [4.78, 5) is 9.27. The molecule has 8 aromatic rings. The molecular formula is C26H13N3O2. The Morgan fingerprint density at radius 2 is 1.52 bits per heavy atom. The Labute approximate surface area is 174 Å². The highest BCUT2D eigenvalue weighted by Crippen LogP contribution is 2.40. The number of fused-ring (bicyclic) bond motifs is 13. The number of rotatable bonds is 0. The van der Waals surface area contributed by atoms with E-state index in [1.165, 1.54) is 0 Å². The van der Waals surface area contributed by atoms with E-state index in [0.717, 1.165) is 71.3 Å². The van der Waals surface area contributed by atoms with E-state index in [-0.39, 0.29) is 0 Å². The van der Waals surface area contributed by atoms with Crippen LogP contribution in [0.1, 0.15) is 0 Å². The van der Waals surface area contributed by atoms with Crippen molar-refractivity contribution in [1.82, 2.24) is 14.4 Å². The van der Waals surface area contributed by atoms with Crippen LogP contribution >= 0.6 is 0 Å². The van der Waals surface area contributed by atoms with Crippen LogP contribution in [0, 0.1) is 0 Å². The molecule has 0 saturated carbocycles. The van der Waals surface area contributed by atoms with Gasteiger partial charge >= 0.3 is 0 Å². The number of pyridine rings is 2. The molecule has 0 aliphatic carbocycles. The van der Waals surface area contributed by atoms with E-state index in [0.29, 0.717) is 0 Å². The largest absolute Gasteiger partial charge is 0.456 e.